The van der Waals surface area contributed by atoms with E-state index in [0.29, 0.717) is 5.69 Å². The third-order valence-electron chi connectivity index (χ3n) is 12.8. The molecule has 0 atom stereocenters. The molecule has 8 aromatic carbocycles. The van der Waals surface area contributed by atoms with E-state index in [1.165, 1.54) is 6.20 Å². The number of hydrogen-bond acceptors (Lipinski definition) is 6. The second kappa shape index (κ2) is 26.4. The molecule has 0 amide bonds. The van der Waals surface area contributed by atoms with Crippen molar-refractivity contribution in [1.82, 2.24) is 24.3 Å². The topological polar surface area (TPSA) is 94.4 Å². The Morgan fingerprint density at radius 3 is 1.16 bits per heavy atom. The van der Waals surface area contributed by atoms with E-state index in [1.807, 2.05) is 109 Å². The Bertz CT molecular complexity index is 3490. The summed E-state index contributed by atoms with van der Waals surface area (Å²) in [6.07, 6.45) is 4.18. The van der Waals surface area contributed by atoms with Gasteiger partial charge in [-0.1, -0.05) is 133 Å². The first-order chi connectivity index (χ1) is 39.6. The van der Waals surface area contributed by atoms with Crippen LogP contribution in [0.3, 0.4) is 0 Å². The van der Waals surface area contributed by atoms with E-state index in [4.69, 9.17) is 18.9 Å². The largest absolute Gasteiger partial charge is 0.573 e. The molecule has 0 saturated carbocycles. The molecule has 0 saturated heterocycles. The molecule has 11 nitrogen and oxygen atoms in total. The van der Waals surface area contributed by atoms with Gasteiger partial charge in [-0.25, -0.2) is 0 Å². The molecular weight excluding hydrogens is 1220 g/mol. The molecule has 0 aliphatic carbocycles. The summed E-state index contributed by atoms with van der Waals surface area (Å²) in [5.74, 6) is 3.15. The summed E-state index contributed by atoms with van der Waals surface area (Å²) in [5.41, 5.74) is 11.7. The number of halogens is 3. The van der Waals surface area contributed by atoms with Crippen molar-refractivity contribution in [3.8, 4) is 102 Å². The van der Waals surface area contributed by atoms with Gasteiger partial charge in [0, 0.05) is 43.5 Å². The van der Waals surface area contributed by atoms with Gasteiger partial charge < -0.3 is 38.3 Å². The molecule has 0 fully saturated rings. The number of pyridine rings is 1. The zero-order valence-corrected chi connectivity index (χ0v) is 47.1. The first kappa shape index (κ1) is 56.9. The van der Waals surface area contributed by atoms with Gasteiger partial charge in [0.1, 0.15) is 17.2 Å². The van der Waals surface area contributed by atoms with E-state index in [1.54, 1.807) is 46.6 Å². The van der Waals surface area contributed by atoms with Crippen molar-refractivity contribution in [1.29, 1.82) is 0 Å². The van der Waals surface area contributed by atoms with E-state index in [0.717, 1.165) is 96.8 Å². The van der Waals surface area contributed by atoms with Crippen LogP contribution in [0, 0.1) is 24.8 Å². The Hall–Kier alpha value is -9.82. The van der Waals surface area contributed by atoms with Crippen LogP contribution in [-0.4, -0.2) is 47.7 Å². The van der Waals surface area contributed by atoms with Gasteiger partial charge in [-0.3, -0.25) is 14.1 Å². The minimum absolute atomic E-state index is 0. The Balaban J connectivity index is 0.000000157. The fraction of sp³-hybridized carbons (Fsp3) is 0.0746. The molecule has 4 aromatic heterocycles. The maximum atomic E-state index is 12.2. The smallest absolute Gasteiger partial charge is 0.431 e. The number of benzene rings is 8. The van der Waals surface area contributed by atoms with Gasteiger partial charge in [-0.15, -0.1) is 24.3 Å². The zero-order chi connectivity index (χ0) is 56.1. The summed E-state index contributed by atoms with van der Waals surface area (Å²) >= 11 is 0. The van der Waals surface area contributed by atoms with Gasteiger partial charge in [-0.05, 0) is 100 Å². The van der Waals surface area contributed by atoms with Crippen LogP contribution < -0.4 is 33.2 Å². The van der Waals surface area contributed by atoms with Crippen molar-refractivity contribution in [3.05, 3.63) is 267 Å². The molecule has 0 aliphatic heterocycles. The summed E-state index contributed by atoms with van der Waals surface area (Å²) in [6, 6.07) is 81.6. The standard InChI is InChI=1S/2C29H23N2O2.C9H5F3N3.Ir/c2*1-32-26-17-13-24(14-18-26)30-21-31(25-15-19-27(33-2)20-16-25)29(23-11-7-4-8-12-23)28(30)22-9-5-3-6-10-22;10-9(11,12)8-5-7(14-15-8)6-3-1-2-4-13-6;/h2*3-15,17-20H,1-2H3;1-5H;/q3*-1;. The molecule has 0 aliphatic rings. The fourth-order valence-electron chi connectivity index (χ4n) is 8.87. The van der Waals surface area contributed by atoms with Gasteiger partial charge in [0.15, 0.2) is 0 Å². The molecule has 0 N–H and O–H groups in total. The van der Waals surface area contributed by atoms with Crippen molar-refractivity contribution in [3.63, 3.8) is 0 Å². The van der Waals surface area contributed by atoms with E-state index in [9.17, 15) is 13.2 Å². The monoisotopic (exact) mass is 1270 g/mol. The maximum Gasteiger partial charge on any atom is 0.431 e. The number of alkyl halides is 3. The summed E-state index contributed by atoms with van der Waals surface area (Å²) in [7, 11) is 6.66. The second-order valence-electron chi connectivity index (χ2n) is 17.9. The van der Waals surface area contributed by atoms with Gasteiger partial charge in [0.25, 0.3) is 12.7 Å². The van der Waals surface area contributed by atoms with Gasteiger partial charge in [0.2, 0.25) is 0 Å². The number of nitrogens with zero attached hydrogens (tertiary/aromatic N) is 7. The Kier molecular flexibility index (Phi) is 18.3. The quantitative estimate of drug-likeness (QED) is 0.0838. The van der Waals surface area contributed by atoms with Crippen molar-refractivity contribution in [2.75, 3.05) is 28.4 Å². The predicted molar refractivity (Wildman–Crippen MR) is 304 cm³/mol. The van der Waals surface area contributed by atoms with E-state index in [-0.39, 0.29) is 25.8 Å². The van der Waals surface area contributed by atoms with Crippen LogP contribution in [0.25, 0.3) is 79.2 Å². The van der Waals surface area contributed by atoms with E-state index in [2.05, 4.69) is 155 Å². The molecule has 82 heavy (non-hydrogen) atoms. The number of imidazole rings is 2. The van der Waals surface area contributed by atoms with Crippen LogP contribution in [-0.2, 0) is 26.3 Å². The number of ether oxygens (including phenoxy) is 4. The average Bonchev–Trinajstić information content (AvgIpc) is 4.51. The Labute approximate surface area is 487 Å². The third kappa shape index (κ3) is 12.9. The van der Waals surface area contributed by atoms with Crippen LogP contribution in [0.15, 0.2) is 237 Å². The minimum atomic E-state index is -4.46. The average molecular weight is 1270 g/mol. The van der Waals surface area contributed by atoms with Crippen LogP contribution in [0.1, 0.15) is 5.69 Å². The zero-order valence-electron chi connectivity index (χ0n) is 44.7. The first-order valence-electron chi connectivity index (χ1n) is 25.5. The minimum Gasteiger partial charge on any atom is -0.573 e. The molecule has 0 bridgehead atoms. The molecule has 12 rings (SSSR count). The SMILES string of the molecule is COc1c[c-]c(-n2[c-][n+](-c3ccc(OC)cc3)c(-c3ccccc3)c2-c2ccccc2)cc1.COc1c[c-]c(-n2[c-][n+](-c3ccc(OC)cc3)c(-c3ccccc3)c2-c2ccccc2)cc1.FC(F)(F)c1cc(-c2ccccn2)[n-]n1.[Ir]. The Morgan fingerprint density at radius 2 is 0.829 bits per heavy atom. The van der Waals surface area contributed by atoms with E-state index < -0.39 is 11.9 Å². The first-order valence-corrected chi connectivity index (χ1v) is 25.5. The van der Waals surface area contributed by atoms with Crippen LogP contribution >= 0.6 is 0 Å². The molecule has 411 valence electrons. The molecular formula is C67H51F3IrN7O4-3. The molecule has 0 unspecified atom stereocenters. The summed E-state index contributed by atoms with van der Waals surface area (Å²) in [4.78, 5) is 3.87. The summed E-state index contributed by atoms with van der Waals surface area (Å²) < 4.78 is 66.3. The molecule has 1 radical (unpaired) electrons. The van der Waals surface area contributed by atoms with Crippen LogP contribution in [0.2, 0.25) is 0 Å². The van der Waals surface area contributed by atoms with Crippen LogP contribution in [0.5, 0.6) is 23.0 Å². The van der Waals surface area contributed by atoms with Crippen molar-refractivity contribution >= 4 is 0 Å². The molecule has 12 aromatic rings. The second-order valence-corrected chi connectivity index (χ2v) is 17.9. The Morgan fingerprint density at radius 1 is 0.451 bits per heavy atom. The number of aromatic nitrogens is 7. The van der Waals surface area contributed by atoms with Crippen LogP contribution in [0.4, 0.5) is 13.2 Å². The van der Waals surface area contributed by atoms with Crippen molar-refractivity contribution in [2.45, 2.75) is 6.18 Å². The van der Waals surface area contributed by atoms with E-state index >= 15 is 0 Å². The number of methoxy groups -OCH3 is 4. The number of hydrogen-bond donors (Lipinski definition) is 0. The molecule has 15 heteroatoms. The summed E-state index contributed by atoms with van der Waals surface area (Å²) in [6.45, 7) is 0. The third-order valence-corrected chi connectivity index (χ3v) is 12.8. The molecule has 4 heterocycles. The van der Waals surface area contributed by atoms with Gasteiger partial charge in [-0.2, -0.15) is 37.4 Å². The predicted octanol–water partition coefficient (Wildman–Crippen LogP) is 13.5. The normalized spacial score (nSPS) is 10.8. The maximum absolute atomic E-state index is 12.2. The summed E-state index contributed by atoms with van der Waals surface area (Å²) in [5, 5.41) is 6.47. The molecule has 0 spiro atoms. The van der Waals surface area contributed by atoms with Crippen molar-refractivity contribution in [2.24, 2.45) is 0 Å². The number of rotatable bonds is 13. The fourth-order valence-corrected chi connectivity index (χ4v) is 8.87. The van der Waals surface area contributed by atoms with Gasteiger partial charge >= 0.3 is 6.18 Å². The van der Waals surface area contributed by atoms with Crippen molar-refractivity contribution < 1.29 is 61.4 Å². The van der Waals surface area contributed by atoms with Gasteiger partial charge in [0.05, 0.1) is 62.6 Å².